The van der Waals surface area contributed by atoms with Crippen LogP contribution in [0.3, 0.4) is 0 Å². The first kappa shape index (κ1) is 13.8. The summed E-state index contributed by atoms with van der Waals surface area (Å²) in [5, 5.41) is 0. The number of morpholine rings is 1. The molecule has 0 radical (unpaired) electrons. The maximum atomic E-state index is 6.36. The summed E-state index contributed by atoms with van der Waals surface area (Å²) in [6, 6.07) is 0.566. The lowest BCUT2D eigenvalue weighted by molar-refractivity contribution is -0.198. The Labute approximate surface area is 115 Å². The summed E-state index contributed by atoms with van der Waals surface area (Å²) in [5.41, 5.74) is 6.36. The first-order valence-electron chi connectivity index (χ1n) is 7.51. The van der Waals surface area contributed by atoms with Gasteiger partial charge >= 0.3 is 0 Å². The summed E-state index contributed by atoms with van der Waals surface area (Å²) in [4.78, 5) is 2.48. The molecule has 0 bridgehead atoms. The van der Waals surface area contributed by atoms with Crippen molar-refractivity contribution in [3.8, 4) is 0 Å². The predicted octanol–water partition coefficient (Wildman–Crippen LogP) is 0.719. The Hall–Kier alpha value is -0.200. The third-order valence-corrected chi connectivity index (χ3v) is 4.60. The summed E-state index contributed by atoms with van der Waals surface area (Å²) in [7, 11) is 0. The molecule has 1 saturated carbocycles. The van der Waals surface area contributed by atoms with E-state index in [0.29, 0.717) is 6.04 Å². The van der Waals surface area contributed by atoms with Crippen LogP contribution in [0.25, 0.3) is 0 Å². The Balaban J connectivity index is 1.70. The lowest BCUT2D eigenvalue weighted by atomic mass is 9.84. The van der Waals surface area contributed by atoms with Crippen LogP contribution in [-0.2, 0) is 14.2 Å². The number of nitrogens with two attached hydrogens (primary N) is 1. The highest BCUT2D eigenvalue weighted by Gasteiger charge is 2.46. The van der Waals surface area contributed by atoms with E-state index in [1.807, 2.05) is 0 Å². The fourth-order valence-electron chi connectivity index (χ4n) is 3.80. The van der Waals surface area contributed by atoms with Crippen molar-refractivity contribution in [1.29, 1.82) is 0 Å². The van der Waals surface area contributed by atoms with Crippen LogP contribution in [0.15, 0.2) is 0 Å². The SMILES string of the molecule is C[C@@H]1CN(C2CC3(CCC2N)OCCO3)C[C@H](C)O1. The quantitative estimate of drug-likeness (QED) is 0.761. The molecule has 0 aromatic heterocycles. The summed E-state index contributed by atoms with van der Waals surface area (Å²) in [6.45, 7) is 7.62. The van der Waals surface area contributed by atoms with Crippen molar-refractivity contribution < 1.29 is 14.2 Å². The third-order valence-electron chi connectivity index (χ3n) is 4.60. The van der Waals surface area contributed by atoms with Crippen molar-refractivity contribution in [2.75, 3.05) is 26.3 Å². The lowest BCUT2D eigenvalue weighted by Gasteiger charge is -2.47. The van der Waals surface area contributed by atoms with Crippen LogP contribution in [0, 0.1) is 0 Å². The van der Waals surface area contributed by atoms with Gasteiger partial charge in [-0.15, -0.1) is 0 Å². The Morgan fingerprint density at radius 2 is 1.74 bits per heavy atom. The smallest absolute Gasteiger partial charge is 0.170 e. The number of hydrogen-bond acceptors (Lipinski definition) is 5. The highest BCUT2D eigenvalue weighted by molar-refractivity contribution is 4.96. The molecule has 110 valence electrons. The van der Waals surface area contributed by atoms with E-state index in [-0.39, 0.29) is 24.0 Å². The second-order valence-corrected chi connectivity index (χ2v) is 6.29. The van der Waals surface area contributed by atoms with Gasteiger partial charge in [0, 0.05) is 38.0 Å². The van der Waals surface area contributed by atoms with E-state index in [0.717, 1.165) is 45.6 Å². The van der Waals surface area contributed by atoms with Crippen LogP contribution >= 0.6 is 0 Å². The monoisotopic (exact) mass is 270 g/mol. The summed E-state index contributed by atoms with van der Waals surface area (Å²) < 4.78 is 17.6. The minimum absolute atomic E-state index is 0.218. The van der Waals surface area contributed by atoms with Gasteiger partial charge in [0.05, 0.1) is 25.4 Å². The number of hydrogen-bond donors (Lipinski definition) is 1. The first-order valence-corrected chi connectivity index (χ1v) is 7.51. The summed E-state index contributed by atoms with van der Waals surface area (Å²) in [6.07, 6.45) is 3.36. The highest BCUT2D eigenvalue weighted by atomic mass is 16.7. The van der Waals surface area contributed by atoms with Gasteiger partial charge in [0.25, 0.3) is 0 Å². The van der Waals surface area contributed by atoms with E-state index in [2.05, 4.69) is 18.7 Å². The maximum Gasteiger partial charge on any atom is 0.170 e. The molecule has 1 spiro atoms. The second kappa shape index (κ2) is 5.30. The van der Waals surface area contributed by atoms with E-state index in [9.17, 15) is 0 Å². The molecule has 2 aliphatic heterocycles. The van der Waals surface area contributed by atoms with Crippen LogP contribution in [0.4, 0.5) is 0 Å². The van der Waals surface area contributed by atoms with Gasteiger partial charge in [0.15, 0.2) is 5.79 Å². The Bertz CT molecular complexity index is 310. The molecule has 0 aromatic carbocycles. The maximum absolute atomic E-state index is 6.36. The minimum atomic E-state index is -0.356. The van der Waals surface area contributed by atoms with E-state index in [4.69, 9.17) is 19.9 Å². The fourth-order valence-corrected chi connectivity index (χ4v) is 3.80. The van der Waals surface area contributed by atoms with Crippen LogP contribution in [0.5, 0.6) is 0 Å². The molecule has 19 heavy (non-hydrogen) atoms. The number of nitrogens with zero attached hydrogens (tertiary/aromatic N) is 1. The molecule has 3 rings (SSSR count). The second-order valence-electron chi connectivity index (χ2n) is 6.29. The molecule has 2 N–H and O–H groups in total. The Morgan fingerprint density at radius 1 is 1.11 bits per heavy atom. The lowest BCUT2D eigenvalue weighted by Crippen LogP contribution is -2.60. The molecular formula is C14H26N2O3. The standard InChI is InChI=1S/C14H26N2O3/c1-10-8-16(9-11(2)19-10)13-7-14(4-3-12(13)15)17-5-6-18-14/h10-13H,3-9,15H2,1-2H3/t10-,11+,12?,13?. The zero-order valence-corrected chi connectivity index (χ0v) is 12.0. The van der Waals surface area contributed by atoms with Crippen molar-refractivity contribution >= 4 is 0 Å². The zero-order chi connectivity index (χ0) is 13.5. The molecule has 2 heterocycles. The molecule has 5 heteroatoms. The van der Waals surface area contributed by atoms with Crippen LogP contribution in [0.2, 0.25) is 0 Å². The largest absolute Gasteiger partial charge is 0.373 e. The van der Waals surface area contributed by atoms with Gasteiger partial charge in [-0.2, -0.15) is 0 Å². The highest BCUT2D eigenvalue weighted by Crippen LogP contribution is 2.37. The zero-order valence-electron chi connectivity index (χ0n) is 12.0. The number of ether oxygens (including phenoxy) is 3. The molecular weight excluding hydrogens is 244 g/mol. The Kier molecular flexibility index (Phi) is 3.84. The Morgan fingerprint density at radius 3 is 2.37 bits per heavy atom. The van der Waals surface area contributed by atoms with Crippen molar-refractivity contribution in [2.45, 2.75) is 63.2 Å². The van der Waals surface area contributed by atoms with Crippen molar-refractivity contribution in [2.24, 2.45) is 5.73 Å². The topological polar surface area (TPSA) is 57.0 Å². The van der Waals surface area contributed by atoms with Crippen molar-refractivity contribution in [3.05, 3.63) is 0 Å². The molecule has 3 fully saturated rings. The van der Waals surface area contributed by atoms with Crippen LogP contribution in [-0.4, -0.2) is 61.3 Å². The van der Waals surface area contributed by atoms with E-state index < -0.39 is 0 Å². The molecule has 0 amide bonds. The van der Waals surface area contributed by atoms with Gasteiger partial charge in [0.2, 0.25) is 0 Å². The van der Waals surface area contributed by atoms with Crippen molar-refractivity contribution in [1.82, 2.24) is 4.90 Å². The molecule has 2 saturated heterocycles. The van der Waals surface area contributed by atoms with Gasteiger partial charge in [-0.25, -0.2) is 0 Å². The molecule has 1 aliphatic carbocycles. The van der Waals surface area contributed by atoms with Gasteiger partial charge in [-0.05, 0) is 20.3 Å². The molecule has 2 unspecified atom stereocenters. The van der Waals surface area contributed by atoms with E-state index in [1.54, 1.807) is 0 Å². The van der Waals surface area contributed by atoms with Gasteiger partial charge in [0.1, 0.15) is 0 Å². The molecule has 3 aliphatic rings. The third kappa shape index (κ3) is 2.81. The average molecular weight is 270 g/mol. The van der Waals surface area contributed by atoms with Crippen LogP contribution in [0.1, 0.15) is 33.1 Å². The summed E-state index contributed by atoms with van der Waals surface area (Å²) in [5.74, 6) is -0.356. The molecule has 5 nitrogen and oxygen atoms in total. The summed E-state index contributed by atoms with van der Waals surface area (Å²) >= 11 is 0. The average Bonchev–Trinajstić information content (AvgIpc) is 2.80. The first-order chi connectivity index (χ1) is 9.08. The van der Waals surface area contributed by atoms with Gasteiger partial charge < -0.3 is 19.9 Å². The van der Waals surface area contributed by atoms with E-state index >= 15 is 0 Å². The molecule has 0 aromatic rings. The van der Waals surface area contributed by atoms with Gasteiger partial charge in [-0.1, -0.05) is 0 Å². The fraction of sp³-hybridized carbons (Fsp3) is 1.00. The van der Waals surface area contributed by atoms with Crippen molar-refractivity contribution in [3.63, 3.8) is 0 Å². The molecule has 4 atom stereocenters. The minimum Gasteiger partial charge on any atom is -0.373 e. The predicted molar refractivity (Wildman–Crippen MR) is 71.8 cm³/mol. The van der Waals surface area contributed by atoms with Crippen LogP contribution < -0.4 is 5.73 Å². The number of rotatable bonds is 1. The van der Waals surface area contributed by atoms with E-state index in [1.165, 1.54) is 0 Å². The van der Waals surface area contributed by atoms with Gasteiger partial charge in [-0.3, -0.25) is 4.90 Å². The normalized spacial score (nSPS) is 43.7.